The third-order valence-corrected chi connectivity index (χ3v) is 3.44. The summed E-state index contributed by atoms with van der Waals surface area (Å²) in [5.41, 5.74) is 5.18. The third kappa shape index (κ3) is 2.74. The van der Waals surface area contributed by atoms with Crippen LogP contribution in [-0.2, 0) is 0 Å². The predicted molar refractivity (Wildman–Crippen MR) is 86.8 cm³/mol. The molecule has 0 spiro atoms. The molecule has 1 heterocycles. The fourth-order valence-corrected chi connectivity index (χ4v) is 2.26. The molecule has 1 aromatic heterocycles. The molecule has 21 heavy (non-hydrogen) atoms. The first kappa shape index (κ1) is 13.6. The maximum Gasteiger partial charge on any atom is 0.239 e. The Labute approximate surface area is 127 Å². The Kier molecular flexibility index (Phi) is 3.60. The van der Waals surface area contributed by atoms with Gasteiger partial charge in [0.15, 0.2) is 0 Å². The summed E-state index contributed by atoms with van der Waals surface area (Å²) in [5, 5.41) is 4.78. The molecule has 0 saturated carbocycles. The Balaban J connectivity index is 2.13. The lowest BCUT2D eigenvalue weighted by Crippen LogP contribution is -2.11. The van der Waals surface area contributed by atoms with Gasteiger partial charge in [0.05, 0.1) is 16.2 Å². The summed E-state index contributed by atoms with van der Waals surface area (Å²) in [6.45, 7) is 2.01. The number of anilines is 3. The highest BCUT2D eigenvalue weighted by atomic mass is 35.5. The van der Waals surface area contributed by atoms with Crippen molar-refractivity contribution in [3.8, 4) is 0 Å². The van der Waals surface area contributed by atoms with E-state index in [-0.39, 0.29) is 0 Å². The van der Waals surface area contributed by atoms with E-state index in [1.165, 1.54) is 0 Å². The molecule has 6 heteroatoms. The minimum atomic E-state index is 0.347. The molecule has 0 fully saturated rings. The first-order valence-electron chi connectivity index (χ1n) is 6.44. The summed E-state index contributed by atoms with van der Waals surface area (Å²) in [5.74, 6) is 6.43. The molecule has 2 aromatic carbocycles. The number of hydrogen-bond acceptors (Lipinski definition) is 5. The fraction of sp³-hybridized carbons (Fsp3) is 0.0667. The molecule has 5 nitrogen and oxygen atoms in total. The topological polar surface area (TPSA) is 75.9 Å². The number of nitrogen functional groups attached to an aromatic ring is 1. The molecule has 0 radical (unpaired) electrons. The van der Waals surface area contributed by atoms with E-state index < -0.39 is 0 Å². The molecule has 4 N–H and O–H groups in total. The van der Waals surface area contributed by atoms with Gasteiger partial charge in [0, 0.05) is 5.39 Å². The van der Waals surface area contributed by atoms with Crippen molar-refractivity contribution in [3.63, 3.8) is 0 Å². The minimum absolute atomic E-state index is 0.347. The average molecular weight is 300 g/mol. The van der Waals surface area contributed by atoms with Gasteiger partial charge in [-0.3, -0.25) is 5.43 Å². The predicted octanol–water partition coefficient (Wildman–Crippen LogP) is 3.62. The minimum Gasteiger partial charge on any atom is -0.338 e. The van der Waals surface area contributed by atoms with E-state index >= 15 is 0 Å². The zero-order valence-electron chi connectivity index (χ0n) is 11.4. The van der Waals surface area contributed by atoms with E-state index in [2.05, 4.69) is 20.7 Å². The second-order valence-electron chi connectivity index (χ2n) is 4.67. The van der Waals surface area contributed by atoms with Gasteiger partial charge in [-0.1, -0.05) is 29.8 Å². The summed E-state index contributed by atoms with van der Waals surface area (Å²) in [6, 6.07) is 13.5. The van der Waals surface area contributed by atoms with Crippen LogP contribution < -0.4 is 16.6 Å². The highest BCUT2D eigenvalue weighted by Gasteiger charge is 2.09. The SMILES string of the molecule is Cc1ccc(Cl)c(Nc2nc(NN)nc3ccccc23)c1. The number of aromatic nitrogens is 2. The fourth-order valence-electron chi connectivity index (χ4n) is 2.10. The lowest BCUT2D eigenvalue weighted by Gasteiger charge is -2.12. The van der Waals surface area contributed by atoms with Gasteiger partial charge in [0.25, 0.3) is 0 Å². The van der Waals surface area contributed by atoms with Gasteiger partial charge in [-0.05, 0) is 36.8 Å². The number of para-hydroxylation sites is 1. The standard InChI is InChI=1S/C15H14ClN5/c1-9-6-7-11(16)13(8-9)18-14-10-4-2-3-5-12(10)19-15(20-14)21-17/h2-8H,17H2,1H3,(H2,18,19,20,21). The van der Waals surface area contributed by atoms with Gasteiger partial charge in [-0.25, -0.2) is 10.8 Å². The van der Waals surface area contributed by atoms with E-state index in [4.69, 9.17) is 17.4 Å². The first-order valence-corrected chi connectivity index (χ1v) is 6.82. The zero-order chi connectivity index (χ0) is 14.8. The summed E-state index contributed by atoms with van der Waals surface area (Å²) in [6.07, 6.45) is 0. The molecule has 3 rings (SSSR count). The maximum absolute atomic E-state index is 6.22. The molecule has 0 atom stereocenters. The highest BCUT2D eigenvalue weighted by Crippen LogP contribution is 2.29. The van der Waals surface area contributed by atoms with Crippen LogP contribution in [0.3, 0.4) is 0 Å². The third-order valence-electron chi connectivity index (χ3n) is 3.11. The van der Waals surface area contributed by atoms with Crippen molar-refractivity contribution in [1.82, 2.24) is 9.97 Å². The molecule has 0 aliphatic heterocycles. The second-order valence-corrected chi connectivity index (χ2v) is 5.07. The Bertz CT molecular complexity index is 803. The normalized spacial score (nSPS) is 10.6. The van der Waals surface area contributed by atoms with Crippen LogP contribution in [0.5, 0.6) is 0 Å². The van der Waals surface area contributed by atoms with Gasteiger partial charge in [-0.15, -0.1) is 0 Å². The quantitative estimate of drug-likeness (QED) is 0.509. The van der Waals surface area contributed by atoms with E-state index in [0.29, 0.717) is 16.8 Å². The number of fused-ring (bicyclic) bond motifs is 1. The monoisotopic (exact) mass is 299 g/mol. The van der Waals surface area contributed by atoms with Gasteiger partial charge < -0.3 is 5.32 Å². The molecule has 0 bridgehead atoms. The Morgan fingerprint density at radius 1 is 1.10 bits per heavy atom. The number of benzene rings is 2. The van der Waals surface area contributed by atoms with Gasteiger partial charge >= 0.3 is 0 Å². The number of nitrogens with zero attached hydrogens (tertiary/aromatic N) is 2. The molecule has 0 amide bonds. The van der Waals surface area contributed by atoms with Crippen LogP contribution in [0.25, 0.3) is 10.9 Å². The van der Waals surface area contributed by atoms with Crippen molar-refractivity contribution in [2.75, 3.05) is 10.7 Å². The van der Waals surface area contributed by atoms with E-state index in [1.807, 2.05) is 49.4 Å². The van der Waals surface area contributed by atoms with E-state index in [0.717, 1.165) is 22.2 Å². The van der Waals surface area contributed by atoms with Crippen LogP contribution in [0.15, 0.2) is 42.5 Å². The Hall–Kier alpha value is -2.37. The van der Waals surface area contributed by atoms with Crippen LogP contribution in [0.2, 0.25) is 5.02 Å². The number of nitrogens with one attached hydrogen (secondary N) is 2. The van der Waals surface area contributed by atoms with Crippen molar-refractivity contribution in [2.45, 2.75) is 6.92 Å². The van der Waals surface area contributed by atoms with Crippen molar-refractivity contribution in [2.24, 2.45) is 5.84 Å². The van der Waals surface area contributed by atoms with Crippen LogP contribution >= 0.6 is 11.6 Å². The van der Waals surface area contributed by atoms with Crippen LogP contribution in [-0.4, -0.2) is 9.97 Å². The average Bonchev–Trinajstić information content (AvgIpc) is 2.50. The highest BCUT2D eigenvalue weighted by molar-refractivity contribution is 6.33. The van der Waals surface area contributed by atoms with Crippen molar-refractivity contribution in [3.05, 3.63) is 53.1 Å². The smallest absolute Gasteiger partial charge is 0.239 e. The summed E-state index contributed by atoms with van der Waals surface area (Å²) in [4.78, 5) is 8.68. The lowest BCUT2D eigenvalue weighted by atomic mass is 10.2. The maximum atomic E-state index is 6.22. The molecular weight excluding hydrogens is 286 g/mol. The molecular formula is C15H14ClN5. The molecule has 3 aromatic rings. The van der Waals surface area contributed by atoms with Crippen LogP contribution in [0, 0.1) is 6.92 Å². The van der Waals surface area contributed by atoms with Crippen molar-refractivity contribution < 1.29 is 0 Å². The van der Waals surface area contributed by atoms with Crippen molar-refractivity contribution >= 4 is 40.0 Å². The van der Waals surface area contributed by atoms with Gasteiger partial charge in [0.1, 0.15) is 5.82 Å². The zero-order valence-corrected chi connectivity index (χ0v) is 12.1. The lowest BCUT2D eigenvalue weighted by molar-refractivity contribution is 1.15. The molecule has 0 aliphatic rings. The summed E-state index contributed by atoms with van der Waals surface area (Å²) in [7, 11) is 0. The summed E-state index contributed by atoms with van der Waals surface area (Å²) < 4.78 is 0. The van der Waals surface area contributed by atoms with Crippen LogP contribution in [0.1, 0.15) is 5.56 Å². The number of rotatable bonds is 3. The molecule has 106 valence electrons. The number of halogens is 1. The van der Waals surface area contributed by atoms with Crippen LogP contribution in [0.4, 0.5) is 17.5 Å². The summed E-state index contributed by atoms with van der Waals surface area (Å²) >= 11 is 6.22. The van der Waals surface area contributed by atoms with E-state index in [1.54, 1.807) is 0 Å². The van der Waals surface area contributed by atoms with Gasteiger partial charge in [0.2, 0.25) is 5.95 Å². The first-order chi connectivity index (χ1) is 10.2. The second kappa shape index (κ2) is 5.55. The Morgan fingerprint density at radius 3 is 2.71 bits per heavy atom. The molecule has 0 aliphatic carbocycles. The largest absolute Gasteiger partial charge is 0.338 e. The number of nitrogens with two attached hydrogens (primary N) is 1. The number of hydrogen-bond donors (Lipinski definition) is 3. The Morgan fingerprint density at radius 2 is 1.90 bits per heavy atom. The van der Waals surface area contributed by atoms with Crippen molar-refractivity contribution in [1.29, 1.82) is 0 Å². The van der Waals surface area contributed by atoms with Gasteiger partial charge in [-0.2, -0.15) is 4.98 Å². The number of aryl methyl sites for hydroxylation is 1. The molecule has 0 unspecified atom stereocenters. The number of hydrazine groups is 1. The van der Waals surface area contributed by atoms with E-state index in [9.17, 15) is 0 Å². The molecule has 0 saturated heterocycles.